The number of hydrogen-bond acceptors (Lipinski definition) is 5. The van der Waals surface area contributed by atoms with Crippen molar-refractivity contribution in [1.29, 1.82) is 0 Å². The molecule has 0 spiro atoms. The fraction of sp³-hybridized carbons (Fsp3) is 0.833. The standard InChI is InChI=1S/C60H111NO5/c1-4-7-10-13-16-19-22-25-28-30-31-33-36-39-42-45-48-51-56(66-60(65)53-50-47-44-41-38-35-32-29-26-23-20-17-14-11-8-5-2)54-59(64)61-57(55-62)58(63)52-49-46-43-40-37-34-27-24-21-18-15-12-9-6-3/h16,19,25,28-29,32,35,38,56-58,62-63H,4-15,17-18,20-24,26-27,30-31,33-34,36-37,39-55H2,1-3H3,(H,61,64)/b19-16-,28-25-,32-29+,38-35+. The van der Waals surface area contributed by atoms with E-state index in [4.69, 9.17) is 4.74 Å². The van der Waals surface area contributed by atoms with E-state index in [1.807, 2.05) is 0 Å². The summed E-state index contributed by atoms with van der Waals surface area (Å²) in [6.45, 7) is 6.47. The number of carbonyl (C=O) groups is 2. The highest BCUT2D eigenvalue weighted by atomic mass is 16.5. The molecule has 66 heavy (non-hydrogen) atoms. The monoisotopic (exact) mass is 926 g/mol. The Morgan fingerprint density at radius 2 is 0.818 bits per heavy atom. The Balaban J connectivity index is 4.62. The summed E-state index contributed by atoms with van der Waals surface area (Å²) in [5.74, 6) is -0.502. The average molecular weight is 927 g/mol. The molecular formula is C60H111NO5. The van der Waals surface area contributed by atoms with Crippen molar-refractivity contribution in [2.45, 2.75) is 315 Å². The van der Waals surface area contributed by atoms with Crippen molar-refractivity contribution in [2.75, 3.05) is 6.61 Å². The summed E-state index contributed by atoms with van der Waals surface area (Å²) >= 11 is 0. The molecule has 0 radical (unpaired) electrons. The van der Waals surface area contributed by atoms with E-state index in [-0.39, 0.29) is 24.9 Å². The third-order valence-electron chi connectivity index (χ3n) is 13.2. The number of carbonyl (C=O) groups excluding carboxylic acids is 2. The Hall–Kier alpha value is -2.18. The molecule has 0 aromatic rings. The van der Waals surface area contributed by atoms with Crippen molar-refractivity contribution in [2.24, 2.45) is 0 Å². The molecule has 0 aliphatic rings. The van der Waals surface area contributed by atoms with Crippen LogP contribution in [0.4, 0.5) is 0 Å². The fourth-order valence-corrected chi connectivity index (χ4v) is 8.75. The van der Waals surface area contributed by atoms with Gasteiger partial charge in [0.2, 0.25) is 5.91 Å². The number of allylic oxidation sites excluding steroid dienone is 8. The van der Waals surface area contributed by atoms with E-state index < -0.39 is 18.2 Å². The Bertz CT molecular complexity index is 1130. The minimum atomic E-state index is -0.795. The molecule has 0 aromatic carbocycles. The maximum Gasteiger partial charge on any atom is 0.306 e. The van der Waals surface area contributed by atoms with Crippen LogP contribution in [0.5, 0.6) is 0 Å². The zero-order valence-corrected chi connectivity index (χ0v) is 44.1. The summed E-state index contributed by atoms with van der Waals surface area (Å²) < 4.78 is 5.95. The van der Waals surface area contributed by atoms with Crippen LogP contribution in [0.3, 0.4) is 0 Å². The molecule has 3 N–H and O–H groups in total. The lowest BCUT2D eigenvalue weighted by atomic mass is 10.0. The van der Waals surface area contributed by atoms with E-state index in [1.165, 1.54) is 167 Å². The number of rotatable bonds is 52. The first-order valence-electron chi connectivity index (χ1n) is 28.9. The average Bonchev–Trinajstić information content (AvgIpc) is 3.31. The molecule has 0 saturated carbocycles. The van der Waals surface area contributed by atoms with Gasteiger partial charge in [-0.25, -0.2) is 0 Å². The second kappa shape index (κ2) is 53.8. The lowest BCUT2D eigenvalue weighted by Gasteiger charge is -2.24. The van der Waals surface area contributed by atoms with Gasteiger partial charge in [0.05, 0.1) is 25.2 Å². The number of ether oxygens (including phenoxy) is 1. The Morgan fingerprint density at radius 1 is 0.455 bits per heavy atom. The maximum absolute atomic E-state index is 13.3. The second-order valence-electron chi connectivity index (χ2n) is 19.7. The summed E-state index contributed by atoms with van der Waals surface area (Å²) in [5.41, 5.74) is 0. The topological polar surface area (TPSA) is 95.9 Å². The maximum atomic E-state index is 13.3. The highest BCUT2D eigenvalue weighted by Crippen LogP contribution is 2.18. The van der Waals surface area contributed by atoms with Gasteiger partial charge in [-0.15, -0.1) is 0 Å². The summed E-state index contributed by atoms with van der Waals surface area (Å²) in [6, 6.07) is -0.710. The van der Waals surface area contributed by atoms with E-state index >= 15 is 0 Å². The Morgan fingerprint density at radius 3 is 1.27 bits per heavy atom. The highest BCUT2D eigenvalue weighted by molar-refractivity contribution is 5.77. The number of hydrogen-bond donors (Lipinski definition) is 3. The molecule has 6 heteroatoms. The quantitative estimate of drug-likeness (QED) is 0.0244. The third-order valence-corrected chi connectivity index (χ3v) is 13.2. The van der Waals surface area contributed by atoms with Crippen molar-refractivity contribution >= 4 is 11.9 Å². The van der Waals surface area contributed by atoms with Gasteiger partial charge in [-0.2, -0.15) is 0 Å². The third kappa shape index (κ3) is 48.3. The first kappa shape index (κ1) is 63.8. The molecule has 0 fully saturated rings. The van der Waals surface area contributed by atoms with E-state index in [0.717, 1.165) is 83.5 Å². The summed E-state index contributed by atoms with van der Waals surface area (Å²) in [7, 11) is 0. The van der Waals surface area contributed by atoms with Crippen LogP contribution in [0.2, 0.25) is 0 Å². The molecule has 0 heterocycles. The Labute approximate surface area is 410 Å². The normalized spacial score (nSPS) is 13.5. The SMILES string of the molecule is CCCCC/C=C\C/C=C\CCCCCCCCCC(CC(=O)NC(CO)C(O)CCCCCCCCCCCCCCCC)OC(=O)CCCCC/C=C/C=C/CCCCCCCCC. The van der Waals surface area contributed by atoms with Crippen LogP contribution in [0, 0.1) is 0 Å². The van der Waals surface area contributed by atoms with Crippen LogP contribution in [0.15, 0.2) is 48.6 Å². The van der Waals surface area contributed by atoms with Crippen molar-refractivity contribution in [3.8, 4) is 0 Å². The molecule has 1 amide bonds. The molecule has 0 rings (SSSR count). The second-order valence-corrected chi connectivity index (χ2v) is 19.7. The molecule has 0 saturated heterocycles. The number of amides is 1. The van der Waals surface area contributed by atoms with E-state index in [9.17, 15) is 19.8 Å². The largest absolute Gasteiger partial charge is 0.462 e. The summed E-state index contributed by atoms with van der Waals surface area (Å²) in [6.07, 6.45) is 66.0. The van der Waals surface area contributed by atoms with E-state index in [0.29, 0.717) is 19.3 Å². The van der Waals surface area contributed by atoms with Crippen LogP contribution in [0.1, 0.15) is 297 Å². The minimum absolute atomic E-state index is 0.0628. The molecule has 3 unspecified atom stereocenters. The Kier molecular flexibility index (Phi) is 52.0. The van der Waals surface area contributed by atoms with Crippen LogP contribution in [-0.4, -0.2) is 46.9 Å². The number of aliphatic hydroxyl groups is 2. The first-order chi connectivity index (χ1) is 32.5. The van der Waals surface area contributed by atoms with Gasteiger partial charge in [0, 0.05) is 6.42 Å². The first-order valence-corrected chi connectivity index (χ1v) is 28.9. The van der Waals surface area contributed by atoms with Crippen molar-refractivity contribution < 1.29 is 24.5 Å². The predicted octanol–water partition coefficient (Wildman–Crippen LogP) is 17.8. The minimum Gasteiger partial charge on any atom is -0.462 e. The lowest BCUT2D eigenvalue weighted by Crippen LogP contribution is -2.46. The molecule has 386 valence electrons. The smallest absolute Gasteiger partial charge is 0.306 e. The van der Waals surface area contributed by atoms with E-state index in [2.05, 4.69) is 74.7 Å². The van der Waals surface area contributed by atoms with Crippen LogP contribution >= 0.6 is 0 Å². The number of unbranched alkanes of at least 4 members (excludes halogenated alkanes) is 33. The summed E-state index contributed by atoms with van der Waals surface area (Å²) in [4.78, 5) is 26.3. The van der Waals surface area contributed by atoms with Gasteiger partial charge in [-0.3, -0.25) is 9.59 Å². The molecule has 0 aromatic heterocycles. The van der Waals surface area contributed by atoms with Gasteiger partial charge in [0.1, 0.15) is 6.10 Å². The van der Waals surface area contributed by atoms with Gasteiger partial charge in [-0.05, 0) is 83.5 Å². The lowest BCUT2D eigenvalue weighted by molar-refractivity contribution is -0.151. The van der Waals surface area contributed by atoms with Gasteiger partial charge < -0.3 is 20.3 Å². The van der Waals surface area contributed by atoms with Crippen molar-refractivity contribution in [3.63, 3.8) is 0 Å². The molecule has 0 aliphatic carbocycles. The van der Waals surface area contributed by atoms with Crippen molar-refractivity contribution in [1.82, 2.24) is 5.32 Å². The molecule has 0 bridgehead atoms. The zero-order chi connectivity index (χ0) is 48.1. The number of esters is 1. The zero-order valence-electron chi connectivity index (χ0n) is 44.1. The van der Waals surface area contributed by atoms with Gasteiger partial charge in [-0.1, -0.05) is 249 Å². The molecule has 0 aliphatic heterocycles. The number of aliphatic hydroxyl groups excluding tert-OH is 2. The van der Waals surface area contributed by atoms with E-state index in [1.54, 1.807) is 0 Å². The van der Waals surface area contributed by atoms with Crippen molar-refractivity contribution in [3.05, 3.63) is 48.6 Å². The molecule has 6 nitrogen and oxygen atoms in total. The summed E-state index contributed by atoms with van der Waals surface area (Å²) in [5, 5.41) is 23.9. The molecular weight excluding hydrogens is 815 g/mol. The van der Waals surface area contributed by atoms with Gasteiger partial charge >= 0.3 is 5.97 Å². The van der Waals surface area contributed by atoms with Crippen LogP contribution < -0.4 is 5.32 Å². The predicted molar refractivity (Wildman–Crippen MR) is 287 cm³/mol. The fourth-order valence-electron chi connectivity index (χ4n) is 8.75. The van der Waals surface area contributed by atoms with Gasteiger partial charge in [0.25, 0.3) is 0 Å². The van der Waals surface area contributed by atoms with Crippen LogP contribution in [0.25, 0.3) is 0 Å². The highest BCUT2D eigenvalue weighted by Gasteiger charge is 2.24. The number of nitrogens with one attached hydrogen (secondary N) is 1. The van der Waals surface area contributed by atoms with Crippen LogP contribution in [-0.2, 0) is 14.3 Å². The molecule has 3 atom stereocenters. The van der Waals surface area contributed by atoms with Gasteiger partial charge in [0.15, 0.2) is 0 Å².